The van der Waals surface area contributed by atoms with Crippen LogP contribution in [0, 0.1) is 27.7 Å². The molecule has 0 bridgehead atoms. The third-order valence-corrected chi connectivity index (χ3v) is 5.76. The molecule has 0 heterocycles. The Hall–Kier alpha value is -2.82. The highest BCUT2D eigenvalue weighted by Gasteiger charge is 2.27. The molecule has 2 atom stereocenters. The second kappa shape index (κ2) is 11.0. The average Bonchev–Trinajstić information content (AvgIpc) is 2.73. The largest absolute Gasteiger partial charge is 0.483 e. The Bertz CT molecular complexity index is 906. The van der Waals surface area contributed by atoms with Gasteiger partial charge in [0.2, 0.25) is 5.91 Å². The van der Waals surface area contributed by atoms with Gasteiger partial charge >= 0.3 is 0 Å². The van der Waals surface area contributed by atoms with Gasteiger partial charge in [0, 0.05) is 12.6 Å². The topological polar surface area (TPSA) is 58.6 Å². The monoisotopic (exact) mass is 424 g/mol. The number of nitrogens with zero attached hydrogens (tertiary/aromatic N) is 1. The van der Waals surface area contributed by atoms with Gasteiger partial charge in [-0.3, -0.25) is 9.59 Å². The molecule has 31 heavy (non-hydrogen) atoms. The van der Waals surface area contributed by atoms with Crippen LogP contribution >= 0.6 is 0 Å². The molecule has 2 aromatic rings. The third-order valence-electron chi connectivity index (χ3n) is 5.76. The number of hydrogen-bond donors (Lipinski definition) is 1. The molecule has 5 heteroatoms. The fourth-order valence-electron chi connectivity index (χ4n) is 3.31. The lowest BCUT2D eigenvalue weighted by Crippen LogP contribution is -2.50. The van der Waals surface area contributed by atoms with Crippen molar-refractivity contribution in [2.45, 2.75) is 73.5 Å². The summed E-state index contributed by atoms with van der Waals surface area (Å²) in [5, 5.41) is 2.98. The number of benzene rings is 2. The van der Waals surface area contributed by atoms with Crippen molar-refractivity contribution >= 4 is 11.8 Å². The Balaban J connectivity index is 2.20. The Morgan fingerprint density at radius 1 is 1.00 bits per heavy atom. The lowest BCUT2D eigenvalue weighted by molar-refractivity contribution is -0.142. The van der Waals surface area contributed by atoms with Gasteiger partial charge in [0.25, 0.3) is 5.91 Å². The molecule has 0 saturated heterocycles. The summed E-state index contributed by atoms with van der Waals surface area (Å²) in [5.41, 5.74) is 5.36. The number of carbonyl (C=O) groups is 2. The van der Waals surface area contributed by atoms with Crippen LogP contribution in [0.15, 0.2) is 36.4 Å². The number of nitrogens with one attached hydrogen (secondary N) is 1. The molecule has 0 aliphatic carbocycles. The molecule has 2 rings (SSSR count). The Labute approximate surface area is 186 Å². The Kier molecular flexibility index (Phi) is 8.66. The molecule has 0 fully saturated rings. The maximum Gasteiger partial charge on any atom is 0.261 e. The number of aryl methyl sites for hydroxylation is 3. The van der Waals surface area contributed by atoms with Crippen molar-refractivity contribution in [1.82, 2.24) is 10.2 Å². The summed E-state index contributed by atoms with van der Waals surface area (Å²) in [6.45, 7) is 14.0. The molecule has 5 nitrogen and oxygen atoms in total. The van der Waals surface area contributed by atoms with E-state index in [1.165, 1.54) is 0 Å². The quantitative estimate of drug-likeness (QED) is 0.638. The SMILES string of the molecule is CC[C@@H](C)NC(=O)[C@@H](C)N(Cc1ccc(C)cc1)C(=O)COc1cc(C)cc(C)c1C. The molecule has 0 unspecified atom stereocenters. The minimum absolute atomic E-state index is 0.0560. The van der Waals surface area contributed by atoms with E-state index in [1.54, 1.807) is 11.8 Å². The molecule has 0 aliphatic rings. The minimum Gasteiger partial charge on any atom is -0.483 e. The maximum atomic E-state index is 13.2. The van der Waals surface area contributed by atoms with Gasteiger partial charge in [-0.15, -0.1) is 0 Å². The molecule has 0 radical (unpaired) electrons. The highest BCUT2D eigenvalue weighted by atomic mass is 16.5. The zero-order valence-electron chi connectivity index (χ0n) is 19.9. The fraction of sp³-hybridized carbons (Fsp3) is 0.462. The van der Waals surface area contributed by atoms with Gasteiger partial charge in [-0.2, -0.15) is 0 Å². The van der Waals surface area contributed by atoms with Crippen LogP contribution < -0.4 is 10.1 Å². The zero-order valence-corrected chi connectivity index (χ0v) is 19.9. The van der Waals surface area contributed by atoms with Gasteiger partial charge in [0.15, 0.2) is 6.61 Å². The molecule has 0 aliphatic heterocycles. The van der Waals surface area contributed by atoms with E-state index in [0.29, 0.717) is 12.3 Å². The van der Waals surface area contributed by atoms with Crippen molar-refractivity contribution in [3.63, 3.8) is 0 Å². The van der Waals surface area contributed by atoms with Gasteiger partial charge in [0.05, 0.1) is 0 Å². The average molecular weight is 425 g/mol. The van der Waals surface area contributed by atoms with Crippen LogP contribution in [-0.4, -0.2) is 35.4 Å². The summed E-state index contributed by atoms with van der Waals surface area (Å²) in [6.07, 6.45) is 0.833. The van der Waals surface area contributed by atoms with Crippen molar-refractivity contribution in [3.05, 3.63) is 64.2 Å². The number of rotatable bonds is 9. The first-order valence-electron chi connectivity index (χ1n) is 11.0. The van der Waals surface area contributed by atoms with E-state index in [0.717, 1.165) is 34.2 Å². The lowest BCUT2D eigenvalue weighted by atomic mass is 10.1. The van der Waals surface area contributed by atoms with Crippen LogP contribution in [0.4, 0.5) is 0 Å². The number of hydrogen-bond acceptors (Lipinski definition) is 3. The predicted molar refractivity (Wildman–Crippen MR) is 125 cm³/mol. The molecule has 168 valence electrons. The predicted octanol–water partition coefficient (Wildman–Crippen LogP) is 4.63. The molecule has 0 saturated carbocycles. The normalized spacial score (nSPS) is 12.7. The van der Waals surface area contributed by atoms with Crippen LogP contribution in [0.3, 0.4) is 0 Å². The first-order chi connectivity index (χ1) is 14.6. The highest BCUT2D eigenvalue weighted by molar-refractivity contribution is 5.88. The van der Waals surface area contributed by atoms with Crippen LogP contribution in [0.2, 0.25) is 0 Å². The maximum absolute atomic E-state index is 13.2. The van der Waals surface area contributed by atoms with Crippen molar-refractivity contribution < 1.29 is 14.3 Å². The summed E-state index contributed by atoms with van der Waals surface area (Å²) < 4.78 is 5.91. The Morgan fingerprint density at radius 3 is 2.26 bits per heavy atom. The van der Waals surface area contributed by atoms with E-state index >= 15 is 0 Å². The van der Waals surface area contributed by atoms with E-state index in [2.05, 4.69) is 11.4 Å². The van der Waals surface area contributed by atoms with Crippen molar-refractivity contribution in [2.75, 3.05) is 6.61 Å². The van der Waals surface area contributed by atoms with Crippen LogP contribution in [0.25, 0.3) is 0 Å². The van der Waals surface area contributed by atoms with E-state index in [4.69, 9.17) is 4.74 Å². The number of amides is 2. The van der Waals surface area contributed by atoms with E-state index in [-0.39, 0.29) is 24.5 Å². The Morgan fingerprint density at radius 2 is 1.65 bits per heavy atom. The van der Waals surface area contributed by atoms with E-state index < -0.39 is 6.04 Å². The fourth-order valence-corrected chi connectivity index (χ4v) is 3.31. The van der Waals surface area contributed by atoms with Crippen LogP contribution in [-0.2, 0) is 16.1 Å². The molecule has 1 N–H and O–H groups in total. The van der Waals surface area contributed by atoms with Crippen molar-refractivity contribution in [1.29, 1.82) is 0 Å². The van der Waals surface area contributed by atoms with Gasteiger partial charge in [-0.05, 0) is 76.3 Å². The van der Waals surface area contributed by atoms with Crippen LogP contribution in [0.1, 0.15) is 55.0 Å². The van der Waals surface area contributed by atoms with E-state index in [9.17, 15) is 9.59 Å². The molecule has 0 aromatic heterocycles. The molecule has 2 amide bonds. The molecule has 0 spiro atoms. The van der Waals surface area contributed by atoms with Crippen molar-refractivity contribution in [2.24, 2.45) is 0 Å². The van der Waals surface area contributed by atoms with Gasteiger partial charge < -0.3 is 15.0 Å². The standard InChI is InChI=1S/C26H36N2O3/c1-8-20(5)27-26(30)22(7)28(15-23-11-9-17(2)10-12-23)25(29)16-31-24-14-18(3)13-19(4)21(24)6/h9-14,20,22H,8,15-16H2,1-7H3,(H,27,30)/t20-,22-/m1/s1. The highest BCUT2D eigenvalue weighted by Crippen LogP contribution is 2.23. The lowest BCUT2D eigenvalue weighted by Gasteiger charge is -2.29. The second-order valence-corrected chi connectivity index (χ2v) is 8.49. The third kappa shape index (κ3) is 6.84. The van der Waals surface area contributed by atoms with Gasteiger partial charge in [-0.25, -0.2) is 0 Å². The summed E-state index contributed by atoms with van der Waals surface area (Å²) in [6, 6.07) is 11.5. The molecular formula is C26H36N2O3. The first-order valence-corrected chi connectivity index (χ1v) is 11.0. The van der Waals surface area contributed by atoms with Crippen LogP contribution in [0.5, 0.6) is 5.75 Å². The number of carbonyl (C=O) groups excluding carboxylic acids is 2. The summed E-state index contributed by atoms with van der Waals surface area (Å²) in [5.74, 6) is 0.334. The van der Waals surface area contributed by atoms with Gasteiger partial charge in [0.1, 0.15) is 11.8 Å². The summed E-state index contributed by atoms with van der Waals surface area (Å²) in [4.78, 5) is 27.6. The van der Waals surface area contributed by atoms with E-state index in [1.807, 2.05) is 71.9 Å². The summed E-state index contributed by atoms with van der Waals surface area (Å²) >= 11 is 0. The zero-order chi connectivity index (χ0) is 23.1. The van der Waals surface area contributed by atoms with Crippen molar-refractivity contribution in [3.8, 4) is 5.75 Å². The molecule has 2 aromatic carbocycles. The number of ether oxygens (including phenoxy) is 1. The first kappa shape index (κ1) is 24.4. The summed E-state index contributed by atoms with van der Waals surface area (Å²) in [7, 11) is 0. The second-order valence-electron chi connectivity index (χ2n) is 8.49. The van der Waals surface area contributed by atoms with Gasteiger partial charge in [-0.1, -0.05) is 42.8 Å². The molecular weight excluding hydrogens is 388 g/mol. The smallest absolute Gasteiger partial charge is 0.261 e. The minimum atomic E-state index is -0.605.